The molecule has 106 valence electrons. The average molecular weight is 337 g/mol. The van der Waals surface area contributed by atoms with Gasteiger partial charge in [0.15, 0.2) is 0 Å². The van der Waals surface area contributed by atoms with Crippen molar-refractivity contribution in [3.63, 3.8) is 0 Å². The molecular weight excluding hydrogens is 328 g/mol. The van der Waals surface area contributed by atoms with E-state index in [1.54, 1.807) is 13.0 Å². The summed E-state index contributed by atoms with van der Waals surface area (Å²) in [7, 11) is 0. The summed E-state index contributed by atoms with van der Waals surface area (Å²) in [5.74, 6) is -0.936. The fourth-order valence-electron chi connectivity index (χ4n) is 1.96. The standard InChI is InChI=1S/C14H9ClN2O2S2/c1-7-10-12(20-9-4-2-3-8(15)5-9)16-6-17-13(10)21-11(7)14(18)19/h2-6H,1H3,(H,18,19). The van der Waals surface area contributed by atoms with E-state index in [0.29, 0.717) is 20.3 Å². The Hall–Kier alpha value is -1.63. The molecule has 0 radical (unpaired) electrons. The van der Waals surface area contributed by atoms with Crippen LogP contribution in [0, 0.1) is 6.92 Å². The second-order valence-corrected chi connectivity index (χ2v) is 6.78. The van der Waals surface area contributed by atoms with Gasteiger partial charge in [0.05, 0.1) is 0 Å². The Bertz CT molecular complexity index is 848. The van der Waals surface area contributed by atoms with E-state index < -0.39 is 5.97 Å². The summed E-state index contributed by atoms with van der Waals surface area (Å²) in [5, 5.41) is 11.4. The highest BCUT2D eigenvalue weighted by atomic mass is 35.5. The van der Waals surface area contributed by atoms with Crippen LogP contribution in [0.5, 0.6) is 0 Å². The zero-order valence-corrected chi connectivity index (χ0v) is 13.2. The highest BCUT2D eigenvalue weighted by molar-refractivity contribution is 7.99. The molecule has 0 saturated carbocycles. The lowest BCUT2D eigenvalue weighted by Crippen LogP contribution is -1.94. The summed E-state index contributed by atoms with van der Waals surface area (Å²) >= 11 is 8.60. The molecule has 0 bridgehead atoms. The molecule has 3 rings (SSSR count). The molecule has 0 atom stereocenters. The number of aromatic nitrogens is 2. The van der Waals surface area contributed by atoms with Gasteiger partial charge in [-0.2, -0.15) is 0 Å². The van der Waals surface area contributed by atoms with Gasteiger partial charge in [-0.3, -0.25) is 0 Å². The lowest BCUT2D eigenvalue weighted by molar-refractivity contribution is 0.0701. The average Bonchev–Trinajstić information content (AvgIpc) is 2.77. The zero-order chi connectivity index (χ0) is 15.0. The Labute approximate surface area is 133 Å². The number of nitrogens with zero attached hydrogens (tertiary/aromatic N) is 2. The predicted molar refractivity (Wildman–Crippen MR) is 84.7 cm³/mol. The van der Waals surface area contributed by atoms with Gasteiger partial charge in [0.1, 0.15) is 21.1 Å². The number of benzene rings is 1. The zero-order valence-electron chi connectivity index (χ0n) is 10.8. The third-order valence-electron chi connectivity index (χ3n) is 2.90. The van der Waals surface area contributed by atoms with Crippen LogP contribution in [0.4, 0.5) is 0 Å². The number of carbonyl (C=O) groups is 1. The lowest BCUT2D eigenvalue weighted by Gasteiger charge is -2.03. The molecule has 0 amide bonds. The molecule has 0 aliphatic carbocycles. The van der Waals surface area contributed by atoms with Crippen LogP contribution in [0.1, 0.15) is 15.2 Å². The highest BCUT2D eigenvalue weighted by Crippen LogP contribution is 2.38. The van der Waals surface area contributed by atoms with Gasteiger partial charge in [0.2, 0.25) is 0 Å². The number of aromatic carboxylic acids is 1. The minimum atomic E-state index is -0.936. The minimum Gasteiger partial charge on any atom is -0.477 e. The van der Waals surface area contributed by atoms with Crippen molar-refractivity contribution in [1.82, 2.24) is 9.97 Å². The van der Waals surface area contributed by atoms with Crippen LogP contribution >= 0.6 is 34.7 Å². The van der Waals surface area contributed by atoms with Crippen LogP contribution < -0.4 is 0 Å². The SMILES string of the molecule is Cc1c(C(=O)O)sc2ncnc(Sc3cccc(Cl)c3)c12. The van der Waals surface area contributed by atoms with Crippen molar-refractivity contribution in [2.75, 3.05) is 0 Å². The lowest BCUT2D eigenvalue weighted by atomic mass is 10.2. The molecule has 0 saturated heterocycles. The Kier molecular flexibility index (Phi) is 3.84. The smallest absolute Gasteiger partial charge is 0.346 e. The number of fused-ring (bicyclic) bond motifs is 1. The van der Waals surface area contributed by atoms with Crippen LogP contribution in [0.2, 0.25) is 5.02 Å². The van der Waals surface area contributed by atoms with Gasteiger partial charge in [-0.1, -0.05) is 29.4 Å². The van der Waals surface area contributed by atoms with Crippen LogP contribution in [-0.2, 0) is 0 Å². The first-order valence-corrected chi connectivity index (χ1v) is 7.98. The maximum Gasteiger partial charge on any atom is 0.346 e. The fourth-order valence-corrected chi connectivity index (χ4v) is 4.28. The summed E-state index contributed by atoms with van der Waals surface area (Å²) in [5.41, 5.74) is 0.702. The molecule has 3 aromatic rings. The summed E-state index contributed by atoms with van der Waals surface area (Å²) in [4.78, 5) is 21.6. The van der Waals surface area contributed by atoms with E-state index in [0.717, 1.165) is 15.3 Å². The Morgan fingerprint density at radius 1 is 1.38 bits per heavy atom. The van der Waals surface area contributed by atoms with Crippen LogP contribution in [0.15, 0.2) is 40.5 Å². The normalized spacial score (nSPS) is 11.0. The summed E-state index contributed by atoms with van der Waals surface area (Å²) in [6, 6.07) is 7.45. The van der Waals surface area contributed by atoms with Crippen molar-refractivity contribution < 1.29 is 9.90 Å². The molecule has 1 aromatic carbocycles. The monoisotopic (exact) mass is 336 g/mol. The third kappa shape index (κ3) is 2.74. The van der Waals surface area contributed by atoms with Gasteiger partial charge in [-0.05, 0) is 30.7 Å². The molecule has 1 N–H and O–H groups in total. The first-order chi connectivity index (χ1) is 10.1. The van der Waals surface area contributed by atoms with E-state index in [1.807, 2.05) is 18.2 Å². The maximum atomic E-state index is 11.2. The van der Waals surface area contributed by atoms with Gasteiger partial charge < -0.3 is 5.11 Å². The van der Waals surface area contributed by atoms with Crippen LogP contribution in [-0.4, -0.2) is 21.0 Å². The molecule has 0 spiro atoms. The van der Waals surface area contributed by atoms with E-state index in [2.05, 4.69) is 9.97 Å². The molecule has 0 unspecified atom stereocenters. The van der Waals surface area contributed by atoms with Gasteiger partial charge in [0, 0.05) is 15.3 Å². The fraction of sp³-hybridized carbons (Fsp3) is 0.0714. The second-order valence-electron chi connectivity index (χ2n) is 4.28. The van der Waals surface area contributed by atoms with Gasteiger partial charge >= 0.3 is 5.97 Å². The van der Waals surface area contributed by atoms with Gasteiger partial charge in [-0.25, -0.2) is 14.8 Å². The maximum absolute atomic E-state index is 11.2. The van der Waals surface area contributed by atoms with Gasteiger partial charge in [0.25, 0.3) is 0 Å². The number of carboxylic acids is 1. The molecule has 0 aliphatic rings. The topological polar surface area (TPSA) is 63.1 Å². The number of thiophene rings is 1. The van der Waals surface area contributed by atoms with Crippen LogP contribution in [0.3, 0.4) is 0 Å². The number of hydrogen-bond donors (Lipinski definition) is 1. The van der Waals surface area contributed by atoms with Crippen molar-refractivity contribution in [2.45, 2.75) is 16.8 Å². The van der Waals surface area contributed by atoms with Crippen molar-refractivity contribution in [3.8, 4) is 0 Å². The molecule has 7 heteroatoms. The molecular formula is C14H9ClN2O2S2. The van der Waals surface area contributed by atoms with E-state index in [9.17, 15) is 9.90 Å². The first kappa shape index (κ1) is 14.3. The van der Waals surface area contributed by atoms with Crippen molar-refractivity contribution in [2.24, 2.45) is 0 Å². The summed E-state index contributed by atoms with van der Waals surface area (Å²) in [6.45, 7) is 1.79. The molecule has 4 nitrogen and oxygen atoms in total. The summed E-state index contributed by atoms with van der Waals surface area (Å²) < 4.78 is 0. The Morgan fingerprint density at radius 2 is 2.19 bits per heavy atom. The third-order valence-corrected chi connectivity index (χ3v) is 5.31. The minimum absolute atomic E-state index is 0.304. The molecule has 0 aliphatic heterocycles. The van der Waals surface area contributed by atoms with E-state index in [-0.39, 0.29) is 0 Å². The second kappa shape index (κ2) is 5.63. The molecule has 2 aromatic heterocycles. The number of aryl methyl sites for hydroxylation is 1. The number of rotatable bonds is 3. The first-order valence-electron chi connectivity index (χ1n) is 5.97. The molecule has 21 heavy (non-hydrogen) atoms. The Balaban J connectivity index is 2.12. The predicted octanol–water partition coefficient (Wildman–Crippen LogP) is 4.50. The number of hydrogen-bond acceptors (Lipinski definition) is 5. The van der Waals surface area contributed by atoms with Crippen molar-refractivity contribution in [1.29, 1.82) is 0 Å². The van der Waals surface area contributed by atoms with Crippen LogP contribution in [0.25, 0.3) is 10.2 Å². The molecule has 0 fully saturated rings. The van der Waals surface area contributed by atoms with Gasteiger partial charge in [-0.15, -0.1) is 11.3 Å². The number of halogens is 1. The van der Waals surface area contributed by atoms with E-state index in [1.165, 1.54) is 29.4 Å². The van der Waals surface area contributed by atoms with Crippen molar-refractivity contribution in [3.05, 3.63) is 46.1 Å². The molecule has 2 heterocycles. The van der Waals surface area contributed by atoms with E-state index >= 15 is 0 Å². The number of carboxylic acid groups (broad SMARTS) is 1. The largest absolute Gasteiger partial charge is 0.477 e. The summed E-state index contributed by atoms with van der Waals surface area (Å²) in [6.07, 6.45) is 1.46. The highest BCUT2D eigenvalue weighted by Gasteiger charge is 2.19. The van der Waals surface area contributed by atoms with Crippen molar-refractivity contribution >= 4 is 50.9 Å². The Morgan fingerprint density at radius 3 is 2.90 bits per heavy atom. The van der Waals surface area contributed by atoms with E-state index in [4.69, 9.17) is 11.6 Å². The quantitative estimate of drug-likeness (QED) is 0.713.